The number of aryl methyl sites for hydroxylation is 1. The fraction of sp³-hybridized carbons (Fsp3) is 0.250. The first-order valence-electron chi connectivity index (χ1n) is 6.83. The zero-order valence-electron chi connectivity index (χ0n) is 11.6. The van der Waals surface area contributed by atoms with Crippen LogP contribution in [0.1, 0.15) is 33.1 Å². The summed E-state index contributed by atoms with van der Waals surface area (Å²) in [7, 11) is 0. The molecule has 5 nitrogen and oxygen atoms in total. The van der Waals surface area contributed by atoms with E-state index in [0.29, 0.717) is 12.1 Å². The summed E-state index contributed by atoms with van der Waals surface area (Å²) in [6, 6.07) is 8.77. The van der Waals surface area contributed by atoms with Crippen LogP contribution in [-0.2, 0) is 11.2 Å². The average molecular weight is 284 g/mol. The number of carbonyl (C=O) groups is 2. The van der Waals surface area contributed by atoms with Crippen molar-refractivity contribution in [1.82, 2.24) is 10.3 Å². The first kappa shape index (κ1) is 13.4. The zero-order chi connectivity index (χ0) is 15.0. The molecule has 0 saturated heterocycles. The van der Waals surface area contributed by atoms with Crippen LogP contribution in [-0.4, -0.2) is 28.0 Å². The SMILES string of the molecule is Cc1c[nH]c(C(=O)NC2Cc3ccccc3C2C(=O)O)c1. The van der Waals surface area contributed by atoms with Gasteiger partial charge in [-0.1, -0.05) is 24.3 Å². The highest BCUT2D eigenvalue weighted by atomic mass is 16.4. The number of aromatic nitrogens is 1. The number of fused-ring (bicyclic) bond motifs is 1. The summed E-state index contributed by atoms with van der Waals surface area (Å²) in [6.07, 6.45) is 2.28. The van der Waals surface area contributed by atoms with Crippen molar-refractivity contribution in [2.45, 2.75) is 25.3 Å². The van der Waals surface area contributed by atoms with Crippen molar-refractivity contribution in [3.05, 3.63) is 58.9 Å². The second-order valence-corrected chi connectivity index (χ2v) is 5.39. The summed E-state index contributed by atoms with van der Waals surface area (Å²) in [6.45, 7) is 1.89. The molecule has 1 aromatic heterocycles. The van der Waals surface area contributed by atoms with Crippen molar-refractivity contribution >= 4 is 11.9 Å². The van der Waals surface area contributed by atoms with Gasteiger partial charge in [-0.25, -0.2) is 0 Å². The van der Waals surface area contributed by atoms with E-state index in [1.165, 1.54) is 0 Å². The first-order valence-corrected chi connectivity index (χ1v) is 6.83. The van der Waals surface area contributed by atoms with Gasteiger partial charge in [-0.2, -0.15) is 0 Å². The Hall–Kier alpha value is -2.56. The third-order valence-electron chi connectivity index (χ3n) is 3.89. The highest BCUT2D eigenvalue weighted by molar-refractivity contribution is 5.93. The summed E-state index contributed by atoms with van der Waals surface area (Å²) in [5.41, 5.74) is 3.19. The first-order chi connectivity index (χ1) is 10.1. The van der Waals surface area contributed by atoms with Gasteiger partial charge < -0.3 is 15.4 Å². The molecule has 21 heavy (non-hydrogen) atoms. The van der Waals surface area contributed by atoms with Gasteiger partial charge >= 0.3 is 5.97 Å². The van der Waals surface area contributed by atoms with E-state index in [0.717, 1.165) is 16.7 Å². The van der Waals surface area contributed by atoms with Gasteiger partial charge in [-0.05, 0) is 36.1 Å². The Morgan fingerprint density at radius 2 is 2.10 bits per heavy atom. The zero-order valence-corrected chi connectivity index (χ0v) is 11.6. The van der Waals surface area contributed by atoms with E-state index in [1.807, 2.05) is 31.2 Å². The Morgan fingerprint density at radius 3 is 2.76 bits per heavy atom. The molecule has 1 amide bonds. The van der Waals surface area contributed by atoms with Gasteiger partial charge in [0.25, 0.3) is 5.91 Å². The van der Waals surface area contributed by atoms with Gasteiger partial charge in [-0.3, -0.25) is 9.59 Å². The molecule has 1 heterocycles. The van der Waals surface area contributed by atoms with E-state index in [2.05, 4.69) is 10.3 Å². The minimum absolute atomic E-state index is 0.271. The van der Waals surface area contributed by atoms with E-state index in [4.69, 9.17) is 0 Å². The lowest BCUT2D eigenvalue weighted by molar-refractivity contribution is -0.139. The Morgan fingerprint density at radius 1 is 1.33 bits per heavy atom. The molecule has 3 N–H and O–H groups in total. The number of hydrogen-bond acceptors (Lipinski definition) is 2. The molecule has 0 bridgehead atoms. The van der Waals surface area contributed by atoms with Gasteiger partial charge in [0, 0.05) is 6.20 Å². The molecule has 0 saturated carbocycles. The van der Waals surface area contributed by atoms with E-state index < -0.39 is 17.9 Å². The van der Waals surface area contributed by atoms with Crippen molar-refractivity contribution in [2.24, 2.45) is 0 Å². The predicted molar refractivity (Wildman–Crippen MR) is 77.3 cm³/mol. The standard InChI is InChI=1S/C16H16N2O3/c1-9-6-13(17-8-9)15(19)18-12-7-10-4-2-3-5-11(10)14(12)16(20)21/h2-6,8,12,14,17H,7H2,1H3,(H,18,19)(H,20,21). The Kier molecular flexibility index (Phi) is 3.25. The average Bonchev–Trinajstić information content (AvgIpc) is 3.01. The molecular formula is C16H16N2O3. The largest absolute Gasteiger partial charge is 0.481 e. The molecular weight excluding hydrogens is 268 g/mol. The molecule has 0 radical (unpaired) electrons. The number of carboxylic acids is 1. The lowest BCUT2D eigenvalue weighted by Crippen LogP contribution is -2.40. The number of carboxylic acid groups (broad SMARTS) is 1. The van der Waals surface area contributed by atoms with E-state index in [-0.39, 0.29) is 5.91 Å². The highest BCUT2D eigenvalue weighted by Crippen LogP contribution is 2.33. The van der Waals surface area contributed by atoms with Crippen LogP contribution in [0, 0.1) is 6.92 Å². The topological polar surface area (TPSA) is 82.2 Å². The van der Waals surface area contributed by atoms with Crippen LogP contribution in [0.25, 0.3) is 0 Å². The predicted octanol–water partition coefficient (Wildman–Crippen LogP) is 1.85. The quantitative estimate of drug-likeness (QED) is 0.804. The number of hydrogen-bond donors (Lipinski definition) is 3. The van der Waals surface area contributed by atoms with Crippen molar-refractivity contribution in [3.8, 4) is 0 Å². The maximum atomic E-state index is 12.2. The third-order valence-corrected chi connectivity index (χ3v) is 3.89. The molecule has 0 spiro atoms. The number of H-pyrrole nitrogens is 1. The van der Waals surface area contributed by atoms with Crippen LogP contribution in [0.15, 0.2) is 36.5 Å². The van der Waals surface area contributed by atoms with Crippen LogP contribution in [0.2, 0.25) is 0 Å². The maximum Gasteiger partial charge on any atom is 0.313 e. The number of amides is 1. The van der Waals surface area contributed by atoms with Gasteiger partial charge in [-0.15, -0.1) is 0 Å². The monoisotopic (exact) mass is 284 g/mol. The van der Waals surface area contributed by atoms with Crippen molar-refractivity contribution < 1.29 is 14.7 Å². The fourth-order valence-corrected chi connectivity index (χ4v) is 2.91. The molecule has 0 aliphatic heterocycles. The minimum Gasteiger partial charge on any atom is -0.481 e. The van der Waals surface area contributed by atoms with Crippen LogP contribution in [0.5, 0.6) is 0 Å². The number of aliphatic carboxylic acids is 1. The van der Waals surface area contributed by atoms with Crippen molar-refractivity contribution in [3.63, 3.8) is 0 Å². The van der Waals surface area contributed by atoms with Crippen molar-refractivity contribution in [1.29, 1.82) is 0 Å². The Bertz CT molecular complexity index is 705. The summed E-state index contributed by atoms with van der Waals surface area (Å²) in [5.74, 6) is -1.87. The van der Waals surface area contributed by atoms with Crippen LogP contribution >= 0.6 is 0 Å². The second kappa shape index (κ2) is 5.09. The highest BCUT2D eigenvalue weighted by Gasteiger charge is 2.38. The molecule has 1 aliphatic carbocycles. The number of carbonyl (C=O) groups excluding carboxylic acids is 1. The Labute approximate surface area is 122 Å². The molecule has 1 aromatic carbocycles. The van der Waals surface area contributed by atoms with E-state index in [1.54, 1.807) is 12.3 Å². The van der Waals surface area contributed by atoms with Gasteiger partial charge in [0.2, 0.25) is 0 Å². The molecule has 0 fully saturated rings. The second-order valence-electron chi connectivity index (χ2n) is 5.39. The number of nitrogens with one attached hydrogen (secondary N) is 2. The van der Waals surface area contributed by atoms with E-state index in [9.17, 15) is 14.7 Å². The normalized spacial score (nSPS) is 20.0. The number of rotatable bonds is 3. The summed E-state index contributed by atoms with van der Waals surface area (Å²) in [5, 5.41) is 12.3. The lowest BCUT2D eigenvalue weighted by atomic mass is 9.98. The minimum atomic E-state index is -0.909. The molecule has 3 rings (SSSR count). The number of aromatic amines is 1. The Balaban J connectivity index is 1.83. The maximum absolute atomic E-state index is 12.2. The van der Waals surface area contributed by atoms with Gasteiger partial charge in [0.05, 0.1) is 6.04 Å². The molecule has 2 unspecified atom stereocenters. The molecule has 1 aliphatic rings. The summed E-state index contributed by atoms with van der Waals surface area (Å²) in [4.78, 5) is 26.6. The molecule has 2 atom stereocenters. The smallest absolute Gasteiger partial charge is 0.313 e. The summed E-state index contributed by atoms with van der Waals surface area (Å²) >= 11 is 0. The lowest BCUT2D eigenvalue weighted by Gasteiger charge is -2.17. The van der Waals surface area contributed by atoms with Gasteiger partial charge in [0.1, 0.15) is 11.6 Å². The summed E-state index contributed by atoms with van der Waals surface area (Å²) < 4.78 is 0. The van der Waals surface area contributed by atoms with Crippen LogP contribution < -0.4 is 5.32 Å². The van der Waals surface area contributed by atoms with Crippen LogP contribution in [0.3, 0.4) is 0 Å². The molecule has 5 heteroatoms. The van der Waals surface area contributed by atoms with Crippen molar-refractivity contribution in [2.75, 3.05) is 0 Å². The van der Waals surface area contributed by atoms with Gasteiger partial charge in [0.15, 0.2) is 0 Å². The van der Waals surface area contributed by atoms with E-state index >= 15 is 0 Å². The molecule has 2 aromatic rings. The fourth-order valence-electron chi connectivity index (χ4n) is 2.91. The number of benzene rings is 1. The molecule has 108 valence electrons. The third kappa shape index (κ3) is 2.42. The van der Waals surface area contributed by atoms with Crippen LogP contribution in [0.4, 0.5) is 0 Å².